The normalized spacial score (nSPS) is 11.3. The zero-order chi connectivity index (χ0) is 18.5. The Morgan fingerprint density at radius 1 is 1.23 bits per heavy atom. The summed E-state index contributed by atoms with van der Waals surface area (Å²) in [5.41, 5.74) is 1.71. The maximum absolute atomic E-state index is 12.5. The van der Waals surface area contributed by atoms with E-state index in [1.54, 1.807) is 23.5 Å². The molecule has 0 aliphatic carbocycles. The first-order valence-corrected chi connectivity index (χ1v) is 8.65. The maximum Gasteiger partial charge on any atom is 0.387 e. The van der Waals surface area contributed by atoms with Crippen molar-refractivity contribution < 1.29 is 22.8 Å². The van der Waals surface area contributed by atoms with Crippen LogP contribution in [0.2, 0.25) is 0 Å². The summed E-state index contributed by atoms with van der Waals surface area (Å²) in [6, 6.07) is 6.84. The van der Waals surface area contributed by atoms with Gasteiger partial charge in [-0.1, -0.05) is 11.2 Å². The summed E-state index contributed by atoms with van der Waals surface area (Å²) < 4.78 is 39.9. The molecule has 0 aliphatic rings. The van der Waals surface area contributed by atoms with Gasteiger partial charge in [0.2, 0.25) is 11.7 Å². The van der Waals surface area contributed by atoms with Crippen molar-refractivity contribution in [3.8, 4) is 22.9 Å². The molecule has 1 aromatic carbocycles. The highest BCUT2D eigenvalue weighted by Gasteiger charge is 2.14. The van der Waals surface area contributed by atoms with Crippen molar-refractivity contribution >= 4 is 11.3 Å². The smallest absolute Gasteiger partial charge is 0.387 e. The average Bonchev–Trinajstić information content (AvgIpc) is 3.25. The molecule has 0 fully saturated rings. The van der Waals surface area contributed by atoms with Gasteiger partial charge in [0.25, 0.3) is 0 Å². The summed E-state index contributed by atoms with van der Waals surface area (Å²) >= 11 is 1.56. The Bertz CT molecular complexity index is 840. The first-order chi connectivity index (χ1) is 12.5. The lowest BCUT2D eigenvalue weighted by molar-refractivity contribution is -0.0512. The second kappa shape index (κ2) is 8.24. The quantitative estimate of drug-likeness (QED) is 0.587. The number of ether oxygens (including phenoxy) is 2. The third-order valence-electron chi connectivity index (χ3n) is 3.55. The number of rotatable bonds is 8. The third kappa shape index (κ3) is 4.55. The fraction of sp³-hybridized carbons (Fsp3) is 0.294. The van der Waals surface area contributed by atoms with Crippen LogP contribution in [0.15, 0.2) is 39.5 Å². The molecular formula is C17H17F2N3O3S. The molecule has 26 heavy (non-hydrogen) atoms. The number of benzene rings is 1. The molecule has 9 heteroatoms. The summed E-state index contributed by atoms with van der Waals surface area (Å²) in [7, 11) is 3.27. The summed E-state index contributed by atoms with van der Waals surface area (Å²) in [5.74, 6) is 1.29. The molecule has 0 spiro atoms. The van der Waals surface area contributed by atoms with Crippen molar-refractivity contribution in [2.45, 2.75) is 19.7 Å². The molecule has 3 aromatic rings. The van der Waals surface area contributed by atoms with E-state index in [2.05, 4.69) is 14.9 Å². The minimum absolute atomic E-state index is 0.00549. The van der Waals surface area contributed by atoms with Gasteiger partial charge in [0.15, 0.2) is 11.5 Å². The van der Waals surface area contributed by atoms with Crippen LogP contribution in [0.25, 0.3) is 11.4 Å². The fourth-order valence-electron chi connectivity index (χ4n) is 2.43. The SMILES string of the molecule is COc1ccc(CN(C)Cc2nc(-c3ccsc3)no2)cc1OC(F)F. The van der Waals surface area contributed by atoms with E-state index in [0.717, 1.165) is 11.1 Å². The number of thiophene rings is 1. The highest BCUT2D eigenvalue weighted by molar-refractivity contribution is 7.08. The van der Waals surface area contributed by atoms with Crippen molar-refractivity contribution in [3.05, 3.63) is 46.5 Å². The van der Waals surface area contributed by atoms with Gasteiger partial charge in [-0.25, -0.2) is 0 Å². The molecule has 6 nitrogen and oxygen atoms in total. The second-order valence-electron chi connectivity index (χ2n) is 5.56. The lowest BCUT2D eigenvalue weighted by Gasteiger charge is -2.16. The Labute approximate surface area is 153 Å². The second-order valence-corrected chi connectivity index (χ2v) is 6.34. The zero-order valence-electron chi connectivity index (χ0n) is 14.2. The van der Waals surface area contributed by atoms with E-state index in [1.807, 2.05) is 28.8 Å². The highest BCUT2D eigenvalue weighted by Crippen LogP contribution is 2.30. The number of nitrogens with zero attached hydrogens (tertiary/aromatic N) is 3. The van der Waals surface area contributed by atoms with Crippen LogP contribution in [0.1, 0.15) is 11.5 Å². The van der Waals surface area contributed by atoms with Crippen LogP contribution in [-0.4, -0.2) is 35.8 Å². The first kappa shape index (κ1) is 18.3. The van der Waals surface area contributed by atoms with E-state index in [9.17, 15) is 8.78 Å². The fourth-order valence-corrected chi connectivity index (χ4v) is 3.07. The number of hydrogen-bond donors (Lipinski definition) is 0. The number of halogens is 2. The van der Waals surface area contributed by atoms with Crippen LogP contribution in [0, 0.1) is 0 Å². The first-order valence-electron chi connectivity index (χ1n) is 7.70. The molecule has 0 unspecified atom stereocenters. The predicted molar refractivity (Wildman–Crippen MR) is 92.4 cm³/mol. The molecular weight excluding hydrogens is 364 g/mol. The van der Waals surface area contributed by atoms with Gasteiger partial charge in [-0.3, -0.25) is 4.90 Å². The molecule has 0 saturated heterocycles. The van der Waals surface area contributed by atoms with Crippen LogP contribution in [-0.2, 0) is 13.1 Å². The van der Waals surface area contributed by atoms with Crippen LogP contribution in [0.4, 0.5) is 8.78 Å². The van der Waals surface area contributed by atoms with Gasteiger partial charge in [-0.2, -0.15) is 25.1 Å². The average molecular weight is 381 g/mol. The molecule has 0 atom stereocenters. The summed E-state index contributed by atoms with van der Waals surface area (Å²) in [6.45, 7) is -2.00. The van der Waals surface area contributed by atoms with E-state index in [4.69, 9.17) is 9.26 Å². The molecule has 0 aliphatic heterocycles. The maximum atomic E-state index is 12.5. The molecule has 0 radical (unpaired) electrons. The molecule has 138 valence electrons. The largest absolute Gasteiger partial charge is 0.493 e. The van der Waals surface area contributed by atoms with Gasteiger partial charge >= 0.3 is 6.61 Å². The molecule has 0 amide bonds. The van der Waals surface area contributed by atoms with Gasteiger partial charge < -0.3 is 14.0 Å². The van der Waals surface area contributed by atoms with Crippen LogP contribution >= 0.6 is 11.3 Å². The molecule has 3 rings (SSSR count). The molecule has 0 saturated carbocycles. The minimum Gasteiger partial charge on any atom is -0.493 e. The van der Waals surface area contributed by atoms with Crippen molar-refractivity contribution in [1.29, 1.82) is 0 Å². The van der Waals surface area contributed by atoms with Crippen molar-refractivity contribution in [1.82, 2.24) is 15.0 Å². The highest BCUT2D eigenvalue weighted by atomic mass is 32.1. The van der Waals surface area contributed by atoms with E-state index in [1.165, 1.54) is 13.2 Å². The molecule has 2 aromatic heterocycles. The lowest BCUT2D eigenvalue weighted by Crippen LogP contribution is -2.17. The van der Waals surface area contributed by atoms with Gasteiger partial charge in [0, 0.05) is 17.5 Å². The zero-order valence-corrected chi connectivity index (χ0v) is 15.0. The number of methoxy groups -OCH3 is 1. The van der Waals surface area contributed by atoms with Gasteiger partial charge in [-0.05, 0) is 36.2 Å². The predicted octanol–water partition coefficient (Wildman–Crippen LogP) is 4.04. The van der Waals surface area contributed by atoms with E-state index >= 15 is 0 Å². The standard InChI is InChI=1S/C17H17F2N3O3S/c1-22(9-15-20-16(21-25-15)12-5-6-26-10-12)8-11-3-4-13(23-2)14(7-11)24-17(18)19/h3-7,10,17H,8-9H2,1-2H3. The van der Waals surface area contributed by atoms with Crippen LogP contribution in [0.5, 0.6) is 11.5 Å². The van der Waals surface area contributed by atoms with Crippen molar-refractivity contribution in [3.63, 3.8) is 0 Å². The Morgan fingerprint density at radius 3 is 2.77 bits per heavy atom. The Balaban J connectivity index is 1.65. The summed E-state index contributed by atoms with van der Waals surface area (Å²) in [6.07, 6.45) is 0. The number of alkyl halides is 2. The lowest BCUT2D eigenvalue weighted by atomic mass is 10.2. The van der Waals surface area contributed by atoms with E-state index in [-0.39, 0.29) is 11.5 Å². The van der Waals surface area contributed by atoms with Gasteiger partial charge in [-0.15, -0.1) is 0 Å². The van der Waals surface area contributed by atoms with Crippen LogP contribution in [0.3, 0.4) is 0 Å². The Kier molecular flexibility index (Phi) is 5.79. The summed E-state index contributed by atoms with van der Waals surface area (Å²) in [4.78, 5) is 6.29. The van der Waals surface area contributed by atoms with Gasteiger partial charge in [0.1, 0.15) is 0 Å². The number of hydrogen-bond acceptors (Lipinski definition) is 7. The summed E-state index contributed by atoms with van der Waals surface area (Å²) in [5, 5.41) is 7.85. The van der Waals surface area contributed by atoms with E-state index in [0.29, 0.717) is 24.8 Å². The monoisotopic (exact) mass is 381 g/mol. The molecule has 0 bridgehead atoms. The topological polar surface area (TPSA) is 60.6 Å². The van der Waals surface area contributed by atoms with E-state index < -0.39 is 6.61 Å². The van der Waals surface area contributed by atoms with Gasteiger partial charge in [0.05, 0.1) is 13.7 Å². The minimum atomic E-state index is -2.91. The number of aromatic nitrogens is 2. The Morgan fingerprint density at radius 2 is 2.08 bits per heavy atom. The molecule has 0 N–H and O–H groups in total. The van der Waals surface area contributed by atoms with Crippen LogP contribution < -0.4 is 9.47 Å². The third-order valence-corrected chi connectivity index (χ3v) is 4.23. The van der Waals surface area contributed by atoms with Crippen molar-refractivity contribution in [2.24, 2.45) is 0 Å². The molecule has 2 heterocycles. The van der Waals surface area contributed by atoms with Crippen molar-refractivity contribution in [2.75, 3.05) is 14.2 Å². The Hall–Kier alpha value is -2.52.